The Morgan fingerprint density at radius 3 is 3.18 bits per heavy atom. The summed E-state index contributed by atoms with van der Waals surface area (Å²) in [5.74, 6) is 1.11. The average molecular weight is 257 g/mol. The van der Waals surface area contributed by atoms with E-state index in [1.807, 2.05) is 0 Å². The highest BCUT2D eigenvalue weighted by molar-refractivity contribution is 6.32. The lowest BCUT2D eigenvalue weighted by Gasteiger charge is -2.18. The molecule has 0 aromatic carbocycles. The molecule has 0 aliphatic carbocycles. The lowest BCUT2D eigenvalue weighted by atomic mass is 10.00. The third kappa shape index (κ3) is 2.79. The van der Waals surface area contributed by atoms with Crippen molar-refractivity contribution in [3.8, 4) is 0 Å². The molecule has 2 rings (SSSR count). The lowest BCUT2D eigenvalue weighted by Crippen LogP contribution is -2.23. The Morgan fingerprint density at radius 1 is 1.59 bits per heavy atom. The number of anilines is 2. The van der Waals surface area contributed by atoms with Crippen LogP contribution in [0.5, 0.6) is 0 Å². The van der Waals surface area contributed by atoms with Crippen LogP contribution in [0.4, 0.5) is 11.5 Å². The molecule has 2 unspecified atom stereocenters. The molecular weight excluding hydrogens is 240 g/mol. The Morgan fingerprint density at radius 2 is 2.41 bits per heavy atom. The normalized spacial score (nSPS) is 23.9. The summed E-state index contributed by atoms with van der Waals surface area (Å²) in [5.41, 5.74) is 6.19. The molecule has 3 N–H and O–H groups in total. The van der Waals surface area contributed by atoms with E-state index in [9.17, 15) is 0 Å². The zero-order valence-corrected chi connectivity index (χ0v) is 10.6. The summed E-state index contributed by atoms with van der Waals surface area (Å²) >= 11 is 5.82. The summed E-state index contributed by atoms with van der Waals surface area (Å²) in [6, 6.07) is 0. The van der Waals surface area contributed by atoms with E-state index in [0.717, 1.165) is 26.0 Å². The smallest absolute Gasteiger partial charge is 0.157 e. The Bertz CT molecular complexity index is 388. The number of halogens is 1. The van der Waals surface area contributed by atoms with Gasteiger partial charge in [0.15, 0.2) is 11.0 Å². The summed E-state index contributed by atoms with van der Waals surface area (Å²) in [4.78, 5) is 7.89. The second-order valence-corrected chi connectivity index (χ2v) is 4.53. The fourth-order valence-electron chi connectivity index (χ4n) is 2.12. The molecule has 94 valence electrons. The van der Waals surface area contributed by atoms with E-state index in [4.69, 9.17) is 22.1 Å². The molecule has 0 bridgehead atoms. The molecule has 5 nitrogen and oxygen atoms in total. The monoisotopic (exact) mass is 256 g/mol. The number of hydrogen-bond acceptors (Lipinski definition) is 5. The molecule has 1 aliphatic heterocycles. The van der Waals surface area contributed by atoms with E-state index in [-0.39, 0.29) is 5.15 Å². The number of hydrogen-bond donors (Lipinski definition) is 2. The number of nitrogens with one attached hydrogen (secondary N) is 1. The van der Waals surface area contributed by atoms with Gasteiger partial charge in [0.1, 0.15) is 12.0 Å². The Balaban J connectivity index is 1.95. The minimum absolute atomic E-state index is 0.289. The number of aromatic nitrogens is 2. The molecule has 1 aromatic rings. The first-order chi connectivity index (χ1) is 8.22. The van der Waals surface area contributed by atoms with Crippen molar-refractivity contribution in [3.05, 3.63) is 11.5 Å². The highest BCUT2D eigenvalue weighted by Gasteiger charge is 2.26. The van der Waals surface area contributed by atoms with Crippen molar-refractivity contribution >= 4 is 23.1 Å². The van der Waals surface area contributed by atoms with Crippen LogP contribution in [-0.4, -0.2) is 29.2 Å². The van der Waals surface area contributed by atoms with Gasteiger partial charge in [-0.2, -0.15) is 0 Å². The second-order valence-electron chi connectivity index (χ2n) is 4.17. The van der Waals surface area contributed by atoms with E-state index in [2.05, 4.69) is 22.2 Å². The van der Waals surface area contributed by atoms with Crippen LogP contribution in [0.1, 0.15) is 19.8 Å². The second kappa shape index (κ2) is 5.51. The predicted octanol–water partition coefficient (Wildman–Crippen LogP) is 1.94. The van der Waals surface area contributed by atoms with Gasteiger partial charge in [0.25, 0.3) is 0 Å². The maximum atomic E-state index is 5.82. The summed E-state index contributed by atoms with van der Waals surface area (Å²) in [6.45, 7) is 3.78. The fourth-order valence-corrected chi connectivity index (χ4v) is 2.25. The number of nitrogens with two attached hydrogens (primary N) is 1. The van der Waals surface area contributed by atoms with Gasteiger partial charge < -0.3 is 15.8 Å². The largest absolute Gasteiger partial charge is 0.393 e. The third-order valence-electron chi connectivity index (χ3n) is 3.12. The number of ether oxygens (including phenoxy) is 1. The van der Waals surface area contributed by atoms with Crippen LogP contribution in [0.3, 0.4) is 0 Å². The third-order valence-corrected chi connectivity index (χ3v) is 3.42. The highest BCUT2D eigenvalue weighted by Crippen LogP contribution is 2.26. The minimum Gasteiger partial charge on any atom is -0.393 e. The Labute approximate surface area is 106 Å². The van der Waals surface area contributed by atoms with Gasteiger partial charge in [0.2, 0.25) is 0 Å². The Kier molecular flexibility index (Phi) is 4.02. The molecule has 0 saturated carbocycles. The maximum Gasteiger partial charge on any atom is 0.157 e. The van der Waals surface area contributed by atoms with Gasteiger partial charge in [-0.25, -0.2) is 9.97 Å². The fraction of sp³-hybridized carbons (Fsp3) is 0.636. The molecule has 1 fully saturated rings. The molecule has 2 atom stereocenters. The predicted molar refractivity (Wildman–Crippen MR) is 68.1 cm³/mol. The van der Waals surface area contributed by atoms with Gasteiger partial charge in [0.05, 0.1) is 6.10 Å². The molecule has 6 heteroatoms. The standard InChI is InChI=1S/C11H17ClN4O/c1-2-8-7(3-4-17-8)5-14-11-9(13)10(12)15-6-16-11/h6-8H,2-5,13H2,1H3,(H,14,15,16). The maximum absolute atomic E-state index is 5.82. The zero-order valence-electron chi connectivity index (χ0n) is 9.82. The summed E-state index contributed by atoms with van der Waals surface area (Å²) < 4.78 is 5.63. The van der Waals surface area contributed by atoms with E-state index < -0.39 is 0 Å². The summed E-state index contributed by atoms with van der Waals surface area (Å²) in [6.07, 6.45) is 3.85. The van der Waals surface area contributed by atoms with Crippen molar-refractivity contribution in [2.45, 2.75) is 25.9 Å². The number of rotatable bonds is 4. The molecule has 1 aromatic heterocycles. The van der Waals surface area contributed by atoms with Gasteiger partial charge in [-0.05, 0) is 12.8 Å². The first-order valence-electron chi connectivity index (χ1n) is 5.83. The van der Waals surface area contributed by atoms with E-state index in [1.165, 1.54) is 6.33 Å². The van der Waals surface area contributed by atoms with Gasteiger partial charge in [-0.15, -0.1) is 0 Å². The van der Waals surface area contributed by atoms with Gasteiger partial charge >= 0.3 is 0 Å². The van der Waals surface area contributed by atoms with Crippen LogP contribution in [0.2, 0.25) is 5.15 Å². The molecule has 0 radical (unpaired) electrons. The van der Waals surface area contributed by atoms with Crippen LogP contribution in [0.25, 0.3) is 0 Å². The van der Waals surface area contributed by atoms with E-state index >= 15 is 0 Å². The van der Waals surface area contributed by atoms with Gasteiger partial charge in [-0.1, -0.05) is 18.5 Å². The molecule has 17 heavy (non-hydrogen) atoms. The average Bonchev–Trinajstić information content (AvgIpc) is 2.78. The molecule has 1 aliphatic rings. The molecule has 0 spiro atoms. The van der Waals surface area contributed by atoms with Crippen LogP contribution in [0.15, 0.2) is 6.33 Å². The summed E-state index contributed by atoms with van der Waals surface area (Å²) in [7, 11) is 0. The quantitative estimate of drug-likeness (QED) is 0.806. The number of nitrogen functional groups attached to an aromatic ring is 1. The number of nitrogens with zero attached hydrogens (tertiary/aromatic N) is 2. The van der Waals surface area contributed by atoms with Gasteiger partial charge in [-0.3, -0.25) is 0 Å². The zero-order chi connectivity index (χ0) is 12.3. The van der Waals surface area contributed by atoms with Crippen molar-refractivity contribution in [2.75, 3.05) is 24.2 Å². The molecule has 0 amide bonds. The lowest BCUT2D eigenvalue weighted by molar-refractivity contribution is 0.0900. The van der Waals surface area contributed by atoms with Crippen LogP contribution < -0.4 is 11.1 Å². The van der Waals surface area contributed by atoms with Crippen molar-refractivity contribution in [1.82, 2.24) is 9.97 Å². The SMILES string of the molecule is CCC1OCCC1CNc1ncnc(Cl)c1N. The van der Waals surface area contributed by atoms with Crippen LogP contribution in [-0.2, 0) is 4.74 Å². The van der Waals surface area contributed by atoms with E-state index in [1.54, 1.807) is 0 Å². The van der Waals surface area contributed by atoms with Crippen LogP contribution in [0, 0.1) is 5.92 Å². The van der Waals surface area contributed by atoms with Crippen molar-refractivity contribution in [3.63, 3.8) is 0 Å². The molecule has 2 heterocycles. The van der Waals surface area contributed by atoms with Crippen molar-refractivity contribution in [1.29, 1.82) is 0 Å². The Hall–Kier alpha value is -1.07. The molecule has 1 saturated heterocycles. The van der Waals surface area contributed by atoms with Crippen LogP contribution >= 0.6 is 11.6 Å². The van der Waals surface area contributed by atoms with E-state index in [0.29, 0.717) is 23.5 Å². The topological polar surface area (TPSA) is 73.1 Å². The van der Waals surface area contributed by atoms with Gasteiger partial charge in [0, 0.05) is 19.1 Å². The summed E-state index contributed by atoms with van der Waals surface area (Å²) in [5, 5.41) is 3.51. The highest BCUT2D eigenvalue weighted by atomic mass is 35.5. The molecular formula is C11H17ClN4O. The minimum atomic E-state index is 0.289. The van der Waals surface area contributed by atoms with Crippen molar-refractivity contribution in [2.24, 2.45) is 5.92 Å². The van der Waals surface area contributed by atoms with Crippen molar-refractivity contribution < 1.29 is 4.74 Å². The first-order valence-corrected chi connectivity index (χ1v) is 6.21. The first kappa shape index (κ1) is 12.4.